The van der Waals surface area contributed by atoms with Gasteiger partial charge in [0.15, 0.2) is 0 Å². The molecule has 4 rings (SSSR count). The molecular formula is C20H25Cl2N3O2. The Morgan fingerprint density at radius 1 is 1.11 bits per heavy atom. The average molecular weight is 410 g/mol. The van der Waals surface area contributed by atoms with Crippen molar-refractivity contribution in [1.82, 2.24) is 14.7 Å². The third kappa shape index (κ3) is 4.43. The molecule has 0 amide bonds. The minimum Gasteiger partial charge on any atom is -0.476 e. The largest absolute Gasteiger partial charge is 0.476 e. The molecular weight excluding hydrogens is 385 g/mol. The summed E-state index contributed by atoms with van der Waals surface area (Å²) in [5, 5.41) is 5.65. The third-order valence-electron chi connectivity index (χ3n) is 5.63. The Morgan fingerprint density at radius 3 is 2.59 bits per heavy atom. The fourth-order valence-electron chi connectivity index (χ4n) is 3.80. The van der Waals surface area contributed by atoms with Crippen LogP contribution in [0.3, 0.4) is 0 Å². The maximum Gasteiger partial charge on any atom is 0.233 e. The number of hydrogen-bond donors (Lipinski definition) is 0. The zero-order valence-corrected chi connectivity index (χ0v) is 17.0. The molecule has 1 saturated heterocycles. The summed E-state index contributed by atoms with van der Waals surface area (Å²) in [6.45, 7) is 7.72. The maximum atomic E-state index is 6.13. The Kier molecular flexibility index (Phi) is 5.93. The van der Waals surface area contributed by atoms with Gasteiger partial charge in [0.1, 0.15) is 0 Å². The van der Waals surface area contributed by atoms with E-state index in [9.17, 15) is 0 Å². The van der Waals surface area contributed by atoms with Crippen LogP contribution in [0.5, 0.6) is 5.88 Å². The highest BCUT2D eigenvalue weighted by molar-refractivity contribution is 6.42. The summed E-state index contributed by atoms with van der Waals surface area (Å²) >= 11 is 12.1. The lowest BCUT2D eigenvalue weighted by Crippen LogP contribution is -2.44. The SMILES string of the molecule is Cc1cc(OC[C@H]2CC[C@@H]2CN2CCOCC2)nn1-c1ccc(Cl)c(Cl)c1. The van der Waals surface area contributed by atoms with Gasteiger partial charge in [-0.15, -0.1) is 5.10 Å². The molecule has 27 heavy (non-hydrogen) atoms. The third-order valence-corrected chi connectivity index (χ3v) is 6.37. The number of ether oxygens (including phenoxy) is 2. The summed E-state index contributed by atoms with van der Waals surface area (Å²) in [6, 6.07) is 7.48. The minimum absolute atomic E-state index is 0.520. The van der Waals surface area contributed by atoms with Crippen LogP contribution in [0.25, 0.3) is 5.69 Å². The first-order valence-electron chi connectivity index (χ1n) is 9.55. The molecule has 1 aliphatic carbocycles. The average Bonchev–Trinajstić information content (AvgIpc) is 3.03. The minimum atomic E-state index is 0.520. The lowest BCUT2D eigenvalue weighted by Gasteiger charge is -2.40. The second kappa shape index (κ2) is 8.39. The van der Waals surface area contributed by atoms with Crippen molar-refractivity contribution in [1.29, 1.82) is 0 Å². The molecule has 146 valence electrons. The van der Waals surface area contributed by atoms with Gasteiger partial charge in [-0.05, 0) is 49.8 Å². The standard InChI is InChI=1S/C20H25Cl2N3O2/c1-14-10-20(23-25(14)17-4-5-18(21)19(22)11-17)27-13-16-3-2-15(16)12-24-6-8-26-9-7-24/h4-5,10-11,15-16H,2-3,6-9,12-13H2,1H3/t15-,16-/m1/s1. The van der Waals surface area contributed by atoms with Gasteiger partial charge in [0, 0.05) is 31.4 Å². The van der Waals surface area contributed by atoms with Crippen molar-refractivity contribution < 1.29 is 9.47 Å². The predicted molar refractivity (Wildman–Crippen MR) is 107 cm³/mol. The summed E-state index contributed by atoms with van der Waals surface area (Å²) < 4.78 is 13.3. The maximum absolute atomic E-state index is 6.13. The highest BCUT2D eigenvalue weighted by Gasteiger charge is 2.33. The lowest BCUT2D eigenvalue weighted by molar-refractivity contribution is 0.00447. The normalized spacial score (nSPS) is 23.2. The summed E-state index contributed by atoms with van der Waals surface area (Å²) in [5.41, 5.74) is 1.88. The summed E-state index contributed by atoms with van der Waals surface area (Å²) in [4.78, 5) is 2.52. The Labute approximate surface area is 170 Å². The van der Waals surface area contributed by atoms with Crippen LogP contribution in [0.2, 0.25) is 10.0 Å². The molecule has 5 nitrogen and oxygen atoms in total. The van der Waals surface area contributed by atoms with E-state index in [2.05, 4.69) is 10.00 Å². The molecule has 1 saturated carbocycles. The van der Waals surface area contributed by atoms with Crippen LogP contribution in [0, 0.1) is 18.8 Å². The van der Waals surface area contributed by atoms with Crippen LogP contribution in [0.4, 0.5) is 0 Å². The first-order chi connectivity index (χ1) is 13.1. The zero-order valence-electron chi connectivity index (χ0n) is 15.5. The number of aromatic nitrogens is 2. The van der Waals surface area contributed by atoms with Crippen molar-refractivity contribution in [3.05, 3.63) is 40.0 Å². The van der Waals surface area contributed by atoms with Crippen LogP contribution >= 0.6 is 23.2 Å². The van der Waals surface area contributed by atoms with Crippen LogP contribution in [-0.4, -0.2) is 54.1 Å². The Hall–Kier alpha value is -1.27. The van der Waals surface area contributed by atoms with E-state index in [-0.39, 0.29) is 0 Å². The van der Waals surface area contributed by atoms with Gasteiger partial charge in [-0.3, -0.25) is 4.90 Å². The van der Waals surface area contributed by atoms with Crippen molar-refractivity contribution >= 4 is 23.2 Å². The summed E-state index contributed by atoms with van der Waals surface area (Å²) in [5.74, 6) is 2.00. The van der Waals surface area contributed by atoms with Crippen LogP contribution in [0.1, 0.15) is 18.5 Å². The second-order valence-electron chi connectivity index (χ2n) is 7.46. The zero-order chi connectivity index (χ0) is 18.8. The first-order valence-corrected chi connectivity index (χ1v) is 10.3. The van der Waals surface area contributed by atoms with E-state index in [1.807, 2.05) is 29.8 Å². The molecule has 0 N–H and O–H groups in total. The number of morpholine rings is 1. The summed E-state index contributed by atoms with van der Waals surface area (Å²) in [7, 11) is 0. The van der Waals surface area contributed by atoms with E-state index in [1.54, 1.807) is 6.07 Å². The van der Waals surface area contributed by atoms with Gasteiger partial charge in [-0.1, -0.05) is 23.2 Å². The molecule has 0 radical (unpaired) electrons. The molecule has 0 spiro atoms. The fourth-order valence-corrected chi connectivity index (χ4v) is 4.09. The number of rotatable bonds is 6. The molecule has 2 aliphatic rings. The van der Waals surface area contributed by atoms with Gasteiger partial charge < -0.3 is 9.47 Å². The van der Waals surface area contributed by atoms with E-state index in [1.165, 1.54) is 12.8 Å². The van der Waals surface area contributed by atoms with E-state index < -0.39 is 0 Å². The molecule has 1 aromatic heterocycles. The Balaban J connectivity index is 1.34. The van der Waals surface area contributed by atoms with E-state index >= 15 is 0 Å². The monoisotopic (exact) mass is 409 g/mol. The number of halogens is 2. The molecule has 7 heteroatoms. The Bertz CT molecular complexity index is 790. The van der Waals surface area contributed by atoms with Gasteiger partial charge in [0.05, 0.1) is 35.6 Å². The van der Waals surface area contributed by atoms with Crippen molar-refractivity contribution in [2.24, 2.45) is 11.8 Å². The molecule has 1 aromatic carbocycles. The highest BCUT2D eigenvalue weighted by atomic mass is 35.5. The molecule has 2 atom stereocenters. The molecule has 2 heterocycles. The molecule has 1 aliphatic heterocycles. The summed E-state index contributed by atoms with van der Waals surface area (Å²) in [6.07, 6.45) is 2.53. The quantitative estimate of drug-likeness (QED) is 0.715. The number of nitrogens with zero attached hydrogens (tertiary/aromatic N) is 3. The van der Waals surface area contributed by atoms with Crippen LogP contribution < -0.4 is 4.74 Å². The van der Waals surface area contributed by atoms with Crippen molar-refractivity contribution in [2.45, 2.75) is 19.8 Å². The van der Waals surface area contributed by atoms with E-state index in [4.69, 9.17) is 32.7 Å². The van der Waals surface area contributed by atoms with Gasteiger partial charge in [-0.25, -0.2) is 4.68 Å². The van der Waals surface area contributed by atoms with Gasteiger partial charge in [0.2, 0.25) is 5.88 Å². The predicted octanol–water partition coefficient (Wildman–Crippen LogP) is 4.22. The van der Waals surface area contributed by atoms with Crippen molar-refractivity contribution in [2.75, 3.05) is 39.5 Å². The van der Waals surface area contributed by atoms with Gasteiger partial charge in [-0.2, -0.15) is 0 Å². The second-order valence-corrected chi connectivity index (χ2v) is 8.27. The molecule has 0 bridgehead atoms. The molecule has 0 unspecified atom stereocenters. The topological polar surface area (TPSA) is 39.5 Å². The molecule has 2 aromatic rings. The first kappa shape index (κ1) is 19.1. The number of benzene rings is 1. The highest BCUT2D eigenvalue weighted by Crippen LogP contribution is 2.35. The van der Waals surface area contributed by atoms with E-state index in [0.29, 0.717) is 21.8 Å². The van der Waals surface area contributed by atoms with Gasteiger partial charge >= 0.3 is 0 Å². The number of aryl methyl sites for hydroxylation is 1. The fraction of sp³-hybridized carbons (Fsp3) is 0.550. The van der Waals surface area contributed by atoms with Gasteiger partial charge in [0.25, 0.3) is 0 Å². The van der Waals surface area contributed by atoms with Crippen molar-refractivity contribution in [3.63, 3.8) is 0 Å². The molecule has 2 fully saturated rings. The smallest absolute Gasteiger partial charge is 0.233 e. The van der Waals surface area contributed by atoms with Crippen LogP contribution in [0.15, 0.2) is 24.3 Å². The Morgan fingerprint density at radius 2 is 1.89 bits per heavy atom. The van der Waals surface area contributed by atoms with E-state index in [0.717, 1.165) is 56.8 Å². The lowest BCUT2D eigenvalue weighted by atomic mass is 9.74. The van der Waals surface area contributed by atoms with Crippen LogP contribution in [-0.2, 0) is 4.74 Å². The number of hydrogen-bond acceptors (Lipinski definition) is 4. The van der Waals surface area contributed by atoms with Crippen molar-refractivity contribution in [3.8, 4) is 11.6 Å².